The molecule has 25 heavy (non-hydrogen) atoms. The topological polar surface area (TPSA) is 75.3 Å². The predicted molar refractivity (Wildman–Crippen MR) is 97.1 cm³/mol. The molecule has 5 nitrogen and oxygen atoms in total. The van der Waals surface area contributed by atoms with Gasteiger partial charge in [0, 0.05) is 22.9 Å². The van der Waals surface area contributed by atoms with E-state index in [4.69, 9.17) is 18.0 Å². The lowest BCUT2D eigenvalue weighted by Gasteiger charge is -2.10. The molecule has 0 heterocycles. The number of nitrogens with one attached hydrogen (secondary N) is 2. The summed E-state index contributed by atoms with van der Waals surface area (Å²) in [6.45, 7) is 0. The third kappa shape index (κ3) is 4.20. The van der Waals surface area contributed by atoms with Crippen molar-refractivity contribution in [2.24, 2.45) is 0 Å². The van der Waals surface area contributed by atoms with Crippen LogP contribution in [0, 0.1) is 12.3 Å². The van der Waals surface area contributed by atoms with Gasteiger partial charge in [0.15, 0.2) is 0 Å². The average molecular weight is 375 g/mol. The number of hydrogen-bond acceptors (Lipinski definition) is 3. The van der Waals surface area contributed by atoms with Crippen molar-refractivity contribution in [1.82, 2.24) is 4.72 Å². The zero-order valence-corrected chi connectivity index (χ0v) is 14.7. The van der Waals surface area contributed by atoms with E-state index in [1.54, 1.807) is 24.3 Å². The van der Waals surface area contributed by atoms with Crippen LogP contribution in [0.15, 0.2) is 47.4 Å². The number of benzene rings is 2. The Kier molecular flexibility index (Phi) is 4.82. The van der Waals surface area contributed by atoms with Gasteiger partial charge < -0.3 is 5.32 Å². The van der Waals surface area contributed by atoms with Gasteiger partial charge in [-0.2, -0.15) is 0 Å². The van der Waals surface area contributed by atoms with E-state index in [9.17, 15) is 13.2 Å². The van der Waals surface area contributed by atoms with E-state index in [0.717, 1.165) is 12.8 Å². The Bertz CT molecular complexity index is 976. The lowest BCUT2D eigenvalue weighted by molar-refractivity contribution is 0.102. The minimum Gasteiger partial charge on any atom is -0.322 e. The Morgan fingerprint density at radius 2 is 1.96 bits per heavy atom. The number of rotatable bonds is 5. The van der Waals surface area contributed by atoms with Gasteiger partial charge in [-0.3, -0.25) is 4.79 Å². The summed E-state index contributed by atoms with van der Waals surface area (Å²) in [5.41, 5.74) is 1.34. The molecule has 0 spiro atoms. The average Bonchev–Trinajstić information content (AvgIpc) is 3.38. The van der Waals surface area contributed by atoms with E-state index >= 15 is 0 Å². The molecule has 0 aromatic heterocycles. The number of carbonyl (C=O) groups excluding carboxylic acids is 1. The minimum absolute atomic E-state index is 0.0509. The Balaban J connectivity index is 1.86. The molecule has 1 aliphatic rings. The minimum atomic E-state index is -3.76. The number of halogens is 1. The molecule has 0 saturated heterocycles. The summed E-state index contributed by atoms with van der Waals surface area (Å²) in [7, 11) is -3.76. The van der Waals surface area contributed by atoms with Crippen LogP contribution in [0.5, 0.6) is 0 Å². The Morgan fingerprint density at radius 1 is 1.20 bits per heavy atom. The van der Waals surface area contributed by atoms with Crippen LogP contribution in [0.25, 0.3) is 0 Å². The van der Waals surface area contributed by atoms with Crippen LogP contribution in [0.3, 0.4) is 0 Å². The molecule has 0 aliphatic heterocycles. The largest absolute Gasteiger partial charge is 0.322 e. The van der Waals surface area contributed by atoms with Crippen LogP contribution in [0.4, 0.5) is 5.69 Å². The fraction of sp³-hybridized carbons (Fsp3) is 0.167. The van der Waals surface area contributed by atoms with Crippen LogP contribution in [0.2, 0.25) is 5.02 Å². The molecule has 0 atom stereocenters. The van der Waals surface area contributed by atoms with E-state index in [0.29, 0.717) is 11.3 Å². The molecule has 2 N–H and O–H groups in total. The first-order valence-electron chi connectivity index (χ1n) is 7.59. The van der Waals surface area contributed by atoms with E-state index in [1.807, 2.05) is 0 Å². The van der Waals surface area contributed by atoms with Gasteiger partial charge in [0.05, 0.1) is 5.02 Å². The van der Waals surface area contributed by atoms with Crippen molar-refractivity contribution in [2.75, 3.05) is 5.32 Å². The highest BCUT2D eigenvalue weighted by Crippen LogP contribution is 2.27. The summed E-state index contributed by atoms with van der Waals surface area (Å²) in [6.07, 6.45) is 6.95. The summed E-state index contributed by atoms with van der Waals surface area (Å²) in [5.74, 6) is 2.03. The van der Waals surface area contributed by atoms with Crippen molar-refractivity contribution in [3.05, 3.63) is 58.6 Å². The first-order valence-corrected chi connectivity index (χ1v) is 9.45. The van der Waals surface area contributed by atoms with E-state index in [2.05, 4.69) is 16.0 Å². The highest BCUT2D eigenvalue weighted by molar-refractivity contribution is 7.89. The van der Waals surface area contributed by atoms with Gasteiger partial charge in [0.1, 0.15) is 4.90 Å². The molecule has 3 rings (SSSR count). The second kappa shape index (κ2) is 6.89. The predicted octanol–water partition coefficient (Wildman–Crippen LogP) is 3.01. The molecular weight excluding hydrogens is 360 g/mol. The van der Waals surface area contributed by atoms with Crippen LogP contribution < -0.4 is 10.0 Å². The van der Waals surface area contributed by atoms with Crippen molar-refractivity contribution < 1.29 is 13.2 Å². The summed E-state index contributed by atoms with van der Waals surface area (Å²) in [6, 6.07) is 10.9. The van der Waals surface area contributed by atoms with E-state index in [-0.39, 0.29) is 21.5 Å². The zero-order chi connectivity index (χ0) is 18.0. The highest BCUT2D eigenvalue weighted by atomic mass is 35.5. The molecule has 2 aromatic carbocycles. The quantitative estimate of drug-likeness (QED) is 0.790. The van der Waals surface area contributed by atoms with Crippen molar-refractivity contribution >= 4 is 33.2 Å². The Hall–Kier alpha value is -2.33. The van der Waals surface area contributed by atoms with Crippen LogP contribution in [-0.4, -0.2) is 20.4 Å². The van der Waals surface area contributed by atoms with Gasteiger partial charge in [-0.1, -0.05) is 23.6 Å². The molecule has 1 saturated carbocycles. The Labute approximate surface area is 151 Å². The Morgan fingerprint density at radius 3 is 2.64 bits per heavy atom. The maximum atomic E-state index is 12.4. The van der Waals surface area contributed by atoms with Crippen molar-refractivity contribution in [3.8, 4) is 12.3 Å². The number of carbonyl (C=O) groups is 1. The maximum absolute atomic E-state index is 12.4. The second-order valence-corrected chi connectivity index (χ2v) is 7.81. The molecule has 1 amide bonds. The van der Waals surface area contributed by atoms with Gasteiger partial charge >= 0.3 is 0 Å². The third-order valence-electron chi connectivity index (χ3n) is 3.67. The zero-order valence-electron chi connectivity index (χ0n) is 13.1. The van der Waals surface area contributed by atoms with Crippen LogP contribution in [0.1, 0.15) is 28.8 Å². The normalized spacial score (nSPS) is 13.9. The third-order valence-corrected chi connectivity index (χ3v) is 5.67. The molecule has 128 valence electrons. The first kappa shape index (κ1) is 17.5. The molecule has 2 aromatic rings. The number of amides is 1. The molecule has 0 bridgehead atoms. The SMILES string of the molecule is C#Cc1cccc(NC(=O)c2ccc(Cl)c(S(=O)(=O)NC3CC3)c2)c1. The van der Waals surface area contributed by atoms with Crippen molar-refractivity contribution in [1.29, 1.82) is 0 Å². The fourth-order valence-corrected chi connectivity index (χ4v) is 4.06. The van der Waals surface area contributed by atoms with Gasteiger partial charge in [-0.05, 0) is 49.2 Å². The van der Waals surface area contributed by atoms with Gasteiger partial charge in [0.2, 0.25) is 10.0 Å². The number of terminal acetylenes is 1. The van der Waals surface area contributed by atoms with Crippen molar-refractivity contribution in [3.63, 3.8) is 0 Å². The standard InChI is InChI=1S/C18H15ClN2O3S/c1-2-12-4-3-5-15(10-12)20-18(22)13-6-9-16(19)17(11-13)25(23,24)21-14-7-8-14/h1,3-6,9-11,14,21H,7-8H2,(H,20,22). The molecular formula is C18H15ClN2O3S. The van der Waals surface area contributed by atoms with Crippen molar-refractivity contribution in [2.45, 2.75) is 23.8 Å². The lowest BCUT2D eigenvalue weighted by atomic mass is 10.2. The molecule has 1 fully saturated rings. The summed E-state index contributed by atoms with van der Waals surface area (Å²) >= 11 is 6.02. The monoisotopic (exact) mass is 374 g/mol. The number of anilines is 1. The molecule has 0 radical (unpaired) electrons. The van der Waals surface area contributed by atoms with Gasteiger partial charge in [-0.25, -0.2) is 13.1 Å². The van der Waals surface area contributed by atoms with E-state index < -0.39 is 15.9 Å². The van der Waals surface area contributed by atoms with Crippen LogP contribution >= 0.6 is 11.6 Å². The fourth-order valence-electron chi connectivity index (χ4n) is 2.22. The van der Waals surface area contributed by atoms with Gasteiger partial charge in [0.25, 0.3) is 5.91 Å². The highest BCUT2D eigenvalue weighted by Gasteiger charge is 2.29. The van der Waals surface area contributed by atoms with Gasteiger partial charge in [-0.15, -0.1) is 6.42 Å². The number of sulfonamides is 1. The van der Waals surface area contributed by atoms with Crippen LogP contribution in [-0.2, 0) is 10.0 Å². The summed E-state index contributed by atoms with van der Waals surface area (Å²) in [5, 5.41) is 2.76. The smallest absolute Gasteiger partial charge is 0.255 e. The molecule has 0 unspecified atom stereocenters. The maximum Gasteiger partial charge on any atom is 0.255 e. The molecule has 7 heteroatoms. The second-order valence-electron chi connectivity index (χ2n) is 5.72. The lowest BCUT2D eigenvalue weighted by Crippen LogP contribution is -2.26. The first-order chi connectivity index (χ1) is 11.9. The van der Waals surface area contributed by atoms with E-state index in [1.165, 1.54) is 18.2 Å². The summed E-state index contributed by atoms with van der Waals surface area (Å²) < 4.78 is 27.3. The molecule has 1 aliphatic carbocycles. The summed E-state index contributed by atoms with van der Waals surface area (Å²) in [4.78, 5) is 12.3. The number of hydrogen-bond donors (Lipinski definition) is 2.